The van der Waals surface area contributed by atoms with Gasteiger partial charge >= 0.3 is 0 Å². The number of hydrogen-bond acceptors (Lipinski definition) is 5. The molecule has 192 valence electrons. The van der Waals surface area contributed by atoms with Gasteiger partial charge in [0.25, 0.3) is 17.4 Å². The number of halogens is 1. The van der Waals surface area contributed by atoms with E-state index >= 15 is 0 Å². The molecule has 0 aliphatic heterocycles. The fourth-order valence-corrected chi connectivity index (χ4v) is 4.09. The van der Waals surface area contributed by atoms with Gasteiger partial charge in [0.1, 0.15) is 17.2 Å². The molecule has 0 bridgehead atoms. The zero-order valence-electron chi connectivity index (χ0n) is 21.0. The number of carbonyl (C=O) groups is 3. The molecule has 2 aromatic carbocycles. The molecule has 1 heterocycles. The third kappa shape index (κ3) is 5.09. The number of aromatic nitrogens is 1. The first-order valence-corrected chi connectivity index (χ1v) is 11.8. The van der Waals surface area contributed by atoms with E-state index in [1.807, 2.05) is 0 Å². The molecule has 1 saturated carbocycles. The Morgan fingerprint density at radius 1 is 1.11 bits per heavy atom. The lowest BCUT2D eigenvalue weighted by Gasteiger charge is -2.26. The SMILES string of the molecule is CNC(=O)c1c(N(C=O)c2cccc(C(=O)NC3CC3)c2)c(C)c(=O)n(C)c1Nc1ccc(C)cc1F. The quantitative estimate of drug-likeness (QED) is 0.406. The molecule has 1 aliphatic carbocycles. The highest BCUT2D eigenvalue weighted by Crippen LogP contribution is 2.35. The van der Waals surface area contributed by atoms with E-state index in [0.717, 1.165) is 17.7 Å². The molecule has 1 aliphatic rings. The fourth-order valence-electron chi connectivity index (χ4n) is 4.09. The minimum absolute atomic E-state index is 0.00202. The van der Waals surface area contributed by atoms with Crippen LogP contribution < -0.4 is 26.4 Å². The summed E-state index contributed by atoms with van der Waals surface area (Å²) < 4.78 is 15.9. The van der Waals surface area contributed by atoms with Gasteiger partial charge < -0.3 is 16.0 Å². The minimum Gasteiger partial charge on any atom is -0.355 e. The van der Waals surface area contributed by atoms with Crippen LogP contribution in [-0.2, 0) is 11.8 Å². The summed E-state index contributed by atoms with van der Waals surface area (Å²) in [5.41, 5.74) is 0.979. The summed E-state index contributed by atoms with van der Waals surface area (Å²) >= 11 is 0. The third-order valence-electron chi connectivity index (χ3n) is 6.27. The van der Waals surface area contributed by atoms with Gasteiger partial charge in [-0.05, 0) is 62.6 Å². The van der Waals surface area contributed by atoms with Crippen molar-refractivity contribution in [2.75, 3.05) is 17.3 Å². The van der Waals surface area contributed by atoms with Gasteiger partial charge in [-0.2, -0.15) is 0 Å². The van der Waals surface area contributed by atoms with E-state index < -0.39 is 17.3 Å². The summed E-state index contributed by atoms with van der Waals surface area (Å²) in [5.74, 6) is -1.45. The van der Waals surface area contributed by atoms with Gasteiger partial charge in [0.05, 0.1) is 11.4 Å². The van der Waals surface area contributed by atoms with Crippen molar-refractivity contribution in [3.05, 3.63) is 80.9 Å². The van der Waals surface area contributed by atoms with Crippen LogP contribution >= 0.6 is 0 Å². The Morgan fingerprint density at radius 3 is 2.46 bits per heavy atom. The molecule has 9 nitrogen and oxygen atoms in total. The zero-order valence-corrected chi connectivity index (χ0v) is 21.0. The normalized spacial score (nSPS) is 12.6. The molecule has 3 amide bonds. The molecule has 0 radical (unpaired) electrons. The zero-order chi connectivity index (χ0) is 26.9. The maximum atomic E-state index is 14.7. The maximum absolute atomic E-state index is 14.7. The summed E-state index contributed by atoms with van der Waals surface area (Å²) in [6, 6.07) is 11.0. The molecular formula is C27H28FN5O4. The third-order valence-corrected chi connectivity index (χ3v) is 6.27. The first-order chi connectivity index (χ1) is 17.7. The lowest BCUT2D eigenvalue weighted by molar-refractivity contribution is -0.106. The predicted octanol–water partition coefficient (Wildman–Crippen LogP) is 3.43. The number of amides is 3. The molecule has 10 heteroatoms. The van der Waals surface area contributed by atoms with E-state index in [4.69, 9.17) is 0 Å². The van der Waals surface area contributed by atoms with Crippen molar-refractivity contribution in [1.29, 1.82) is 0 Å². The van der Waals surface area contributed by atoms with E-state index in [1.54, 1.807) is 31.2 Å². The van der Waals surface area contributed by atoms with Crippen molar-refractivity contribution in [3.63, 3.8) is 0 Å². The number of hydrogen-bond donors (Lipinski definition) is 3. The van der Waals surface area contributed by atoms with Crippen LogP contribution in [0.15, 0.2) is 47.3 Å². The summed E-state index contributed by atoms with van der Waals surface area (Å²) in [6.07, 6.45) is 2.32. The van der Waals surface area contributed by atoms with Crippen LogP contribution in [0.5, 0.6) is 0 Å². The molecule has 3 aromatic rings. The predicted molar refractivity (Wildman–Crippen MR) is 139 cm³/mol. The van der Waals surface area contributed by atoms with Gasteiger partial charge in [0.15, 0.2) is 0 Å². The summed E-state index contributed by atoms with van der Waals surface area (Å²) in [4.78, 5) is 52.6. The molecule has 37 heavy (non-hydrogen) atoms. The van der Waals surface area contributed by atoms with E-state index in [-0.39, 0.29) is 46.0 Å². The highest BCUT2D eigenvalue weighted by atomic mass is 19.1. The Labute approximate surface area is 213 Å². The topological polar surface area (TPSA) is 113 Å². The minimum atomic E-state index is -0.599. The highest BCUT2D eigenvalue weighted by Gasteiger charge is 2.29. The van der Waals surface area contributed by atoms with Crippen molar-refractivity contribution >= 4 is 41.1 Å². The number of benzene rings is 2. The number of nitrogens with one attached hydrogen (secondary N) is 3. The first kappa shape index (κ1) is 25.6. The van der Waals surface area contributed by atoms with Crippen LogP contribution in [0.25, 0.3) is 0 Å². The van der Waals surface area contributed by atoms with E-state index in [0.29, 0.717) is 17.5 Å². The van der Waals surface area contributed by atoms with Gasteiger partial charge in [-0.1, -0.05) is 12.1 Å². The molecule has 4 rings (SSSR count). The second-order valence-corrected chi connectivity index (χ2v) is 9.02. The van der Waals surface area contributed by atoms with Gasteiger partial charge in [-0.15, -0.1) is 0 Å². The Balaban J connectivity index is 1.90. The Morgan fingerprint density at radius 2 is 1.84 bits per heavy atom. The van der Waals surface area contributed by atoms with Crippen molar-refractivity contribution in [2.45, 2.75) is 32.7 Å². The standard InChI is InChI=1S/C27H28FN5O4/c1-15-8-11-21(20(28)12-15)31-24-22(26(36)29-3)23(16(2)27(37)32(24)4)33(14-34)19-7-5-6-17(13-19)25(35)30-18-9-10-18/h5-8,11-14,18,31H,9-10H2,1-4H3,(H,29,36)(H,30,35). The fraction of sp³-hybridized carbons (Fsp3) is 0.259. The number of pyridine rings is 1. The smallest absolute Gasteiger partial charge is 0.256 e. The molecule has 0 unspecified atom stereocenters. The Kier molecular flexibility index (Phi) is 7.10. The van der Waals surface area contributed by atoms with Gasteiger partial charge in [-0.25, -0.2) is 4.39 Å². The second-order valence-electron chi connectivity index (χ2n) is 9.02. The molecule has 0 spiro atoms. The van der Waals surface area contributed by atoms with E-state index in [9.17, 15) is 23.6 Å². The van der Waals surface area contributed by atoms with Crippen LogP contribution in [0.2, 0.25) is 0 Å². The lowest BCUT2D eigenvalue weighted by atomic mass is 10.1. The summed E-state index contributed by atoms with van der Waals surface area (Å²) in [7, 11) is 2.87. The van der Waals surface area contributed by atoms with Crippen molar-refractivity contribution in [3.8, 4) is 0 Å². The van der Waals surface area contributed by atoms with Crippen LogP contribution in [0, 0.1) is 19.7 Å². The van der Waals surface area contributed by atoms with Crippen LogP contribution in [0.3, 0.4) is 0 Å². The second kappa shape index (κ2) is 10.3. The first-order valence-electron chi connectivity index (χ1n) is 11.8. The molecule has 1 aromatic heterocycles. The average molecular weight is 506 g/mol. The van der Waals surface area contributed by atoms with Gasteiger partial charge in [0, 0.05) is 37.0 Å². The Hall–Kier alpha value is -4.47. The van der Waals surface area contributed by atoms with Gasteiger partial charge in [-0.3, -0.25) is 28.6 Å². The lowest BCUT2D eigenvalue weighted by Crippen LogP contribution is -2.33. The Bertz CT molecular complexity index is 1460. The van der Waals surface area contributed by atoms with Crippen LogP contribution in [0.4, 0.5) is 27.3 Å². The monoisotopic (exact) mass is 505 g/mol. The average Bonchev–Trinajstić information content (AvgIpc) is 3.70. The number of aryl methyl sites for hydroxylation is 1. The number of carbonyl (C=O) groups excluding carboxylic acids is 3. The molecular weight excluding hydrogens is 477 g/mol. The summed E-state index contributed by atoms with van der Waals surface area (Å²) in [5, 5.41) is 8.31. The molecule has 1 fully saturated rings. The largest absolute Gasteiger partial charge is 0.355 e. The number of anilines is 4. The van der Waals surface area contributed by atoms with E-state index in [1.165, 1.54) is 43.8 Å². The van der Waals surface area contributed by atoms with Crippen LogP contribution in [0.1, 0.15) is 44.7 Å². The number of nitrogens with zero attached hydrogens (tertiary/aromatic N) is 2. The van der Waals surface area contributed by atoms with E-state index in [2.05, 4.69) is 16.0 Å². The molecule has 0 atom stereocenters. The van der Waals surface area contributed by atoms with Crippen molar-refractivity contribution in [1.82, 2.24) is 15.2 Å². The molecule has 0 saturated heterocycles. The maximum Gasteiger partial charge on any atom is 0.256 e. The number of rotatable bonds is 8. The van der Waals surface area contributed by atoms with Gasteiger partial charge in [0.2, 0.25) is 6.41 Å². The highest BCUT2D eigenvalue weighted by molar-refractivity contribution is 6.09. The molecule has 3 N–H and O–H groups in total. The van der Waals surface area contributed by atoms with Crippen molar-refractivity contribution in [2.24, 2.45) is 7.05 Å². The van der Waals surface area contributed by atoms with Crippen molar-refractivity contribution < 1.29 is 18.8 Å². The summed E-state index contributed by atoms with van der Waals surface area (Å²) in [6.45, 7) is 3.24. The van der Waals surface area contributed by atoms with Crippen LogP contribution in [-0.4, -0.2) is 35.9 Å².